The SMILES string of the molecule is CC(C)c1noc(N2CCC(COc3ccc(C4=CCC(C(=O)CNCC(C)(C)CO)CC4)nc3)CC2)n1. The summed E-state index contributed by atoms with van der Waals surface area (Å²) in [5.41, 5.74) is 1.94. The first-order chi connectivity index (χ1) is 18.2. The van der Waals surface area contributed by atoms with Crippen LogP contribution in [0, 0.1) is 17.3 Å². The number of ether oxygens (including phenoxy) is 1. The van der Waals surface area contributed by atoms with Gasteiger partial charge in [0.2, 0.25) is 0 Å². The van der Waals surface area contributed by atoms with E-state index in [4.69, 9.17) is 9.26 Å². The second-order valence-corrected chi connectivity index (χ2v) is 11.8. The fraction of sp³-hybridized carbons (Fsp3) is 0.655. The van der Waals surface area contributed by atoms with Crippen LogP contribution in [0.1, 0.15) is 77.2 Å². The number of carbonyl (C=O) groups excluding carboxylic acids is 1. The molecule has 0 bridgehead atoms. The van der Waals surface area contributed by atoms with Gasteiger partial charge in [-0.2, -0.15) is 4.98 Å². The van der Waals surface area contributed by atoms with E-state index in [2.05, 4.69) is 45.3 Å². The number of ketones is 1. The van der Waals surface area contributed by atoms with Gasteiger partial charge in [-0.15, -0.1) is 0 Å². The predicted molar refractivity (Wildman–Crippen MR) is 147 cm³/mol. The molecule has 38 heavy (non-hydrogen) atoms. The highest BCUT2D eigenvalue weighted by atomic mass is 16.5. The highest BCUT2D eigenvalue weighted by Crippen LogP contribution is 2.31. The van der Waals surface area contributed by atoms with Crippen molar-refractivity contribution in [3.05, 3.63) is 35.9 Å². The minimum absolute atomic E-state index is 0.0506. The number of aliphatic hydroxyl groups excluding tert-OH is 1. The van der Waals surface area contributed by atoms with Crippen molar-refractivity contribution in [3.63, 3.8) is 0 Å². The number of Topliss-reactive ketones (excluding diaryl/α,β-unsaturated/α-hetero) is 1. The van der Waals surface area contributed by atoms with E-state index in [0.29, 0.717) is 31.6 Å². The first-order valence-electron chi connectivity index (χ1n) is 13.9. The molecule has 9 heteroatoms. The summed E-state index contributed by atoms with van der Waals surface area (Å²) in [6.07, 6.45) is 8.45. The summed E-state index contributed by atoms with van der Waals surface area (Å²) in [5.74, 6) is 2.58. The average Bonchev–Trinajstić information content (AvgIpc) is 3.43. The average molecular weight is 526 g/mol. The fourth-order valence-electron chi connectivity index (χ4n) is 4.83. The van der Waals surface area contributed by atoms with Crippen molar-refractivity contribution in [3.8, 4) is 5.75 Å². The van der Waals surface area contributed by atoms with Crippen molar-refractivity contribution in [2.75, 3.05) is 44.3 Å². The second kappa shape index (κ2) is 12.8. The number of aromatic nitrogens is 3. The van der Waals surface area contributed by atoms with E-state index in [1.165, 1.54) is 5.57 Å². The Hall–Kier alpha value is -2.78. The maximum Gasteiger partial charge on any atom is 0.324 e. The zero-order valence-corrected chi connectivity index (χ0v) is 23.3. The third-order valence-corrected chi connectivity index (χ3v) is 7.58. The number of anilines is 1. The van der Waals surface area contributed by atoms with Crippen molar-refractivity contribution < 1.29 is 19.2 Å². The van der Waals surface area contributed by atoms with Crippen LogP contribution in [-0.2, 0) is 4.79 Å². The molecule has 4 rings (SSSR count). The molecule has 2 N–H and O–H groups in total. The van der Waals surface area contributed by atoms with Gasteiger partial charge in [-0.1, -0.05) is 38.9 Å². The van der Waals surface area contributed by atoms with E-state index in [0.717, 1.165) is 62.5 Å². The number of allylic oxidation sites excluding steroid dienone is 2. The number of nitrogens with zero attached hydrogens (tertiary/aromatic N) is 4. The van der Waals surface area contributed by atoms with E-state index in [9.17, 15) is 9.90 Å². The topological polar surface area (TPSA) is 114 Å². The highest BCUT2D eigenvalue weighted by Gasteiger charge is 2.25. The van der Waals surface area contributed by atoms with Crippen LogP contribution in [0.5, 0.6) is 5.75 Å². The number of hydrogen-bond acceptors (Lipinski definition) is 9. The molecule has 1 aliphatic heterocycles. The van der Waals surface area contributed by atoms with Gasteiger partial charge in [0, 0.05) is 43.5 Å². The molecule has 1 fully saturated rings. The standard InChI is InChI=1S/C29H43N5O4/c1-20(2)27-32-28(38-33-27)34-13-11-21(12-14-34)17-37-24-9-10-25(31-15-24)22-5-7-23(8-6-22)26(36)16-30-18-29(3,4)19-35/h5,9-10,15,20-21,23,30,35H,6-8,11-14,16-19H2,1-4H3. The minimum Gasteiger partial charge on any atom is -0.492 e. The largest absolute Gasteiger partial charge is 0.492 e. The second-order valence-electron chi connectivity index (χ2n) is 11.8. The maximum atomic E-state index is 12.6. The smallest absolute Gasteiger partial charge is 0.324 e. The summed E-state index contributed by atoms with van der Waals surface area (Å²) in [6.45, 7) is 11.6. The lowest BCUT2D eigenvalue weighted by Gasteiger charge is -2.30. The Labute approximate surface area is 226 Å². The Morgan fingerprint density at radius 1 is 1.26 bits per heavy atom. The molecule has 208 valence electrons. The molecule has 2 aromatic rings. The molecule has 0 amide bonds. The van der Waals surface area contributed by atoms with Gasteiger partial charge < -0.3 is 24.6 Å². The number of carbonyl (C=O) groups is 1. The van der Waals surface area contributed by atoms with E-state index >= 15 is 0 Å². The Bertz CT molecular complexity index is 1070. The molecule has 0 aromatic carbocycles. The van der Waals surface area contributed by atoms with Crippen molar-refractivity contribution in [1.29, 1.82) is 0 Å². The Morgan fingerprint density at radius 3 is 2.66 bits per heavy atom. The lowest BCUT2D eigenvalue weighted by atomic mass is 9.85. The van der Waals surface area contributed by atoms with Gasteiger partial charge in [-0.05, 0) is 55.7 Å². The zero-order valence-electron chi connectivity index (χ0n) is 23.3. The van der Waals surface area contributed by atoms with Crippen LogP contribution in [0.25, 0.3) is 5.57 Å². The molecule has 1 unspecified atom stereocenters. The van der Waals surface area contributed by atoms with Crippen molar-refractivity contribution >= 4 is 17.4 Å². The Balaban J connectivity index is 1.18. The normalized spacial score (nSPS) is 19.1. The third kappa shape index (κ3) is 7.63. The van der Waals surface area contributed by atoms with Gasteiger partial charge in [0.1, 0.15) is 11.5 Å². The van der Waals surface area contributed by atoms with Crippen molar-refractivity contribution in [1.82, 2.24) is 20.4 Å². The Morgan fingerprint density at radius 2 is 2.05 bits per heavy atom. The van der Waals surface area contributed by atoms with Crippen LogP contribution in [-0.4, -0.2) is 65.4 Å². The molecule has 0 radical (unpaired) electrons. The Kier molecular flexibility index (Phi) is 9.54. The molecule has 1 atom stereocenters. The van der Waals surface area contributed by atoms with E-state index in [-0.39, 0.29) is 29.6 Å². The number of rotatable bonds is 12. The van der Waals surface area contributed by atoms with Crippen molar-refractivity contribution in [2.45, 2.75) is 65.7 Å². The number of hydrogen-bond donors (Lipinski definition) is 2. The molecule has 1 aliphatic carbocycles. The minimum atomic E-state index is -0.215. The molecular weight excluding hydrogens is 482 g/mol. The number of nitrogens with one attached hydrogen (secondary N) is 1. The van der Waals surface area contributed by atoms with Gasteiger partial charge in [-0.3, -0.25) is 9.78 Å². The number of piperidine rings is 1. The lowest BCUT2D eigenvalue weighted by molar-refractivity contribution is -0.122. The highest BCUT2D eigenvalue weighted by molar-refractivity contribution is 5.84. The third-order valence-electron chi connectivity index (χ3n) is 7.58. The van der Waals surface area contributed by atoms with E-state index in [1.54, 1.807) is 6.20 Å². The zero-order chi connectivity index (χ0) is 27.1. The number of aliphatic hydroxyl groups is 1. The van der Waals surface area contributed by atoms with Crippen LogP contribution in [0.15, 0.2) is 28.9 Å². The first-order valence-corrected chi connectivity index (χ1v) is 13.9. The summed E-state index contributed by atoms with van der Waals surface area (Å²) in [6, 6.07) is 4.64. The van der Waals surface area contributed by atoms with E-state index in [1.807, 2.05) is 26.0 Å². The molecule has 0 saturated carbocycles. The quantitative estimate of drug-likeness (QED) is 0.420. The molecule has 0 spiro atoms. The lowest BCUT2D eigenvalue weighted by Crippen LogP contribution is -2.37. The van der Waals surface area contributed by atoms with Crippen LogP contribution >= 0.6 is 0 Å². The van der Waals surface area contributed by atoms with Gasteiger partial charge >= 0.3 is 6.01 Å². The number of pyridine rings is 1. The summed E-state index contributed by atoms with van der Waals surface area (Å²) >= 11 is 0. The van der Waals surface area contributed by atoms with Gasteiger partial charge in [0.05, 0.1) is 25.0 Å². The molecule has 3 heterocycles. The van der Waals surface area contributed by atoms with Crippen LogP contribution in [0.2, 0.25) is 0 Å². The molecule has 1 saturated heterocycles. The van der Waals surface area contributed by atoms with Crippen LogP contribution < -0.4 is 15.0 Å². The van der Waals surface area contributed by atoms with Crippen molar-refractivity contribution in [2.24, 2.45) is 17.3 Å². The predicted octanol–water partition coefficient (Wildman–Crippen LogP) is 4.24. The van der Waals surface area contributed by atoms with Gasteiger partial charge in [0.15, 0.2) is 5.82 Å². The molecule has 2 aliphatic rings. The van der Waals surface area contributed by atoms with Crippen LogP contribution in [0.3, 0.4) is 0 Å². The monoisotopic (exact) mass is 525 g/mol. The maximum absolute atomic E-state index is 12.6. The summed E-state index contributed by atoms with van der Waals surface area (Å²) in [5, 5.41) is 16.6. The first kappa shape index (κ1) is 28.2. The van der Waals surface area contributed by atoms with Gasteiger partial charge in [-0.25, -0.2) is 0 Å². The van der Waals surface area contributed by atoms with Gasteiger partial charge in [0.25, 0.3) is 0 Å². The summed E-state index contributed by atoms with van der Waals surface area (Å²) in [7, 11) is 0. The molecule has 2 aromatic heterocycles. The molecular formula is C29H43N5O4. The fourth-order valence-corrected chi connectivity index (χ4v) is 4.83. The summed E-state index contributed by atoms with van der Waals surface area (Å²) < 4.78 is 11.5. The van der Waals surface area contributed by atoms with Crippen LogP contribution in [0.4, 0.5) is 6.01 Å². The van der Waals surface area contributed by atoms with E-state index < -0.39 is 0 Å². The summed E-state index contributed by atoms with van der Waals surface area (Å²) in [4.78, 5) is 23.9. The molecule has 9 nitrogen and oxygen atoms in total.